The molecule has 1 aliphatic heterocycles. The van der Waals surface area contributed by atoms with Crippen LogP contribution in [0.1, 0.15) is 12.8 Å². The first-order valence-corrected chi connectivity index (χ1v) is 5.53. The lowest BCUT2D eigenvalue weighted by Gasteiger charge is -2.26. The number of hydrogen-bond acceptors (Lipinski definition) is 3. The van der Waals surface area contributed by atoms with Crippen molar-refractivity contribution in [2.45, 2.75) is 18.9 Å². The summed E-state index contributed by atoms with van der Waals surface area (Å²) in [4.78, 5) is 7.01. The molecule has 0 radical (unpaired) electrons. The van der Waals surface area contributed by atoms with Crippen molar-refractivity contribution < 1.29 is 4.84 Å². The second-order valence-corrected chi connectivity index (χ2v) is 4.18. The van der Waals surface area contributed by atoms with Gasteiger partial charge in [-0.15, -0.1) is 0 Å². The second-order valence-electron chi connectivity index (χ2n) is 3.77. The molecule has 1 aliphatic rings. The summed E-state index contributed by atoms with van der Waals surface area (Å²) in [5.41, 5.74) is 1.08. The second kappa shape index (κ2) is 4.84. The number of anilines is 1. The summed E-state index contributed by atoms with van der Waals surface area (Å²) < 4.78 is 0. The number of para-hydroxylation sites is 1. The molecule has 0 saturated carbocycles. The van der Waals surface area contributed by atoms with E-state index in [4.69, 9.17) is 22.3 Å². The average molecular weight is 227 g/mol. The third-order valence-corrected chi connectivity index (χ3v) is 3.15. The lowest BCUT2D eigenvalue weighted by Crippen LogP contribution is -2.34. The van der Waals surface area contributed by atoms with Gasteiger partial charge >= 0.3 is 0 Å². The molecule has 1 aromatic rings. The third kappa shape index (κ3) is 2.25. The van der Waals surface area contributed by atoms with Crippen LogP contribution in [0.15, 0.2) is 24.3 Å². The number of nitrogens with zero attached hydrogens (tertiary/aromatic N) is 1. The molecule has 1 atom stereocenters. The van der Waals surface area contributed by atoms with Crippen molar-refractivity contribution in [1.29, 1.82) is 0 Å². The zero-order chi connectivity index (χ0) is 10.7. The molecule has 1 unspecified atom stereocenters. The lowest BCUT2D eigenvalue weighted by atomic mass is 10.2. The van der Waals surface area contributed by atoms with Crippen LogP contribution in [-0.4, -0.2) is 19.2 Å². The fourth-order valence-electron chi connectivity index (χ4n) is 2.12. The summed E-state index contributed by atoms with van der Waals surface area (Å²) in [5, 5.41) is 0.793. The first kappa shape index (κ1) is 10.7. The summed E-state index contributed by atoms with van der Waals surface area (Å²) in [6.07, 6.45) is 2.28. The molecule has 2 N–H and O–H groups in total. The van der Waals surface area contributed by atoms with Crippen molar-refractivity contribution in [2.24, 2.45) is 5.90 Å². The monoisotopic (exact) mass is 226 g/mol. The van der Waals surface area contributed by atoms with E-state index in [-0.39, 0.29) is 0 Å². The Kier molecular flexibility index (Phi) is 3.46. The predicted molar refractivity (Wildman–Crippen MR) is 62.0 cm³/mol. The number of hydrogen-bond donors (Lipinski definition) is 1. The summed E-state index contributed by atoms with van der Waals surface area (Å²) in [6, 6.07) is 8.25. The van der Waals surface area contributed by atoms with Gasteiger partial charge in [-0.2, -0.15) is 0 Å². The molecule has 1 aromatic carbocycles. The minimum Gasteiger partial charge on any atom is -0.365 e. The maximum atomic E-state index is 6.16. The topological polar surface area (TPSA) is 38.5 Å². The molecule has 0 aromatic heterocycles. The Morgan fingerprint density at radius 1 is 1.47 bits per heavy atom. The van der Waals surface area contributed by atoms with Crippen molar-refractivity contribution in [3.63, 3.8) is 0 Å². The Hall–Kier alpha value is -0.770. The summed E-state index contributed by atoms with van der Waals surface area (Å²) in [7, 11) is 0. The van der Waals surface area contributed by atoms with Crippen LogP contribution in [-0.2, 0) is 4.84 Å². The van der Waals surface area contributed by atoms with E-state index in [1.807, 2.05) is 24.3 Å². The standard InChI is InChI=1S/C11H15ClN2O/c12-10-5-1-2-6-11(10)14-7-3-4-9(14)8-15-13/h1-2,5-6,9H,3-4,7-8,13H2. The van der Waals surface area contributed by atoms with E-state index >= 15 is 0 Å². The van der Waals surface area contributed by atoms with Gasteiger partial charge in [-0.1, -0.05) is 23.7 Å². The van der Waals surface area contributed by atoms with Crippen molar-refractivity contribution in [3.8, 4) is 0 Å². The Balaban J connectivity index is 2.19. The molecular formula is C11H15ClN2O. The van der Waals surface area contributed by atoms with Gasteiger partial charge in [-0.3, -0.25) is 0 Å². The highest BCUT2D eigenvalue weighted by Crippen LogP contribution is 2.31. The maximum absolute atomic E-state index is 6.16. The smallest absolute Gasteiger partial charge is 0.0882 e. The molecule has 15 heavy (non-hydrogen) atoms. The van der Waals surface area contributed by atoms with Crippen molar-refractivity contribution in [3.05, 3.63) is 29.3 Å². The molecule has 2 rings (SSSR count). The number of nitrogens with two attached hydrogens (primary N) is 1. The maximum Gasteiger partial charge on any atom is 0.0882 e. The minimum atomic E-state index is 0.356. The first-order valence-electron chi connectivity index (χ1n) is 5.16. The molecular weight excluding hydrogens is 212 g/mol. The molecule has 3 nitrogen and oxygen atoms in total. The van der Waals surface area contributed by atoms with Gasteiger partial charge in [-0.25, -0.2) is 5.90 Å². The highest BCUT2D eigenvalue weighted by molar-refractivity contribution is 6.33. The highest BCUT2D eigenvalue weighted by Gasteiger charge is 2.25. The van der Waals surface area contributed by atoms with Gasteiger partial charge in [0.2, 0.25) is 0 Å². The van der Waals surface area contributed by atoms with Crippen molar-refractivity contribution >= 4 is 17.3 Å². The fourth-order valence-corrected chi connectivity index (χ4v) is 2.37. The van der Waals surface area contributed by atoms with E-state index < -0.39 is 0 Å². The number of halogens is 1. The van der Waals surface area contributed by atoms with E-state index in [0.717, 1.165) is 23.7 Å². The van der Waals surface area contributed by atoms with Crippen LogP contribution in [0.3, 0.4) is 0 Å². The van der Waals surface area contributed by atoms with E-state index in [1.54, 1.807) is 0 Å². The van der Waals surface area contributed by atoms with E-state index in [1.165, 1.54) is 6.42 Å². The van der Waals surface area contributed by atoms with Crippen LogP contribution in [0.4, 0.5) is 5.69 Å². The predicted octanol–water partition coefficient (Wildman–Crippen LogP) is 2.20. The van der Waals surface area contributed by atoms with Gasteiger partial charge in [0.25, 0.3) is 0 Å². The summed E-state index contributed by atoms with van der Waals surface area (Å²) in [5.74, 6) is 5.13. The van der Waals surface area contributed by atoms with Gasteiger partial charge in [0.05, 0.1) is 23.4 Å². The van der Waals surface area contributed by atoms with Crippen LogP contribution >= 0.6 is 11.6 Å². The van der Waals surface area contributed by atoms with Crippen molar-refractivity contribution in [1.82, 2.24) is 0 Å². The Morgan fingerprint density at radius 2 is 2.27 bits per heavy atom. The molecule has 1 fully saturated rings. The van der Waals surface area contributed by atoms with Crippen LogP contribution in [0, 0.1) is 0 Å². The summed E-state index contributed by atoms with van der Waals surface area (Å²) >= 11 is 6.16. The zero-order valence-electron chi connectivity index (χ0n) is 8.53. The van der Waals surface area contributed by atoms with Gasteiger partial charge < -0.3 is 9.74 Å². The largest absolute Gasteiger partial charge is 0.365 e. The SMILES string of the molecule is NOCC1CCCN1c1ccccc1Cl. The third-order valence-electron chi connectivity index (χ3n) is 2.83. The Bertz CT molecular complexity index is 332. The van der Waals surface area contributed by atoms with E-state index in [9.17, 15) is 0 Å². The Labute approximate surface area is 94.7 Å². The molecule has 0 bridgehead atoms. The molecule has 0 amide bonds. The van der Waals surface area contributed by atoms with Crippen LogP contribution < -0.4 is 10.8 Å². The Morgan fingerprint density at radius 3 is 3.00 bits per heavy atom. The molecule has 82 valence electrons. The van der Waals surface area contributed by atoms with Gasteiger partial charge in [0.15, 0.2) is 0 Å². The summed E-state index contributed by atoms with van der Waals surface area (Å²) in [6.45, 7) is 1.59. The number of rotatable bonds is 3. The molecule has 0 spiro atoms. The molecule has 1 heterocycles. The van der Waals surface area contributed by atoms with Crippen LogP contribution in [0.2, 0.25) is 5.02 Å². The molecule has 1 saturated heterocycles. The van der Waals surface area contributed by atoms with Crippen LogP contribution in [0.5, 0.6) is 0 Å². The molecule has 4 heteroatoms. The quantitative estimate of drug-likeness (QED) is 0.804. The van der Waals surface area contributed by atoms with E-state index in [2.05, 4.69) is 4.90 Å². The lowest BCUT2D eigenvalue weighted by molar-refractivity contribution is 0.124. The molecule has 0 aliphatic carbocycles. The highest BCUT2D eigenvalue weighted by atomic mass is 35.5. The number of benzene rings is 1. The van der Waals surface area contributed by atoms with Gasteiger partial charge in [-0.05, 0) is 25.0 Å². The average Bonchev–Trinajstić information content (AvgIpc) is 2.67. The van der Waals surface area contributed by atoms with Crippen LogP contribution in [0.25, 0.3) is 0 Å². The normalized spacial score (nSPS) is 20.9. The zero-order valence-corrected chi connectivity index (χ0v) is 9.28. The fraction of sp³-hybridized carbons (Fsp3) is 0.455. The first-order chi connectivity index (χ1) is 7.33. The van der Waals surface area contributed by atoms with Gasteiger partial charge in [0.1, 0.15) is 0 Å². The van der Waals surface area contributed by atoms with E-state index in [0.29, 0.717) is 12.6 Å². The van der Waals surface area contributed by atoms with Crippen molar-refractivity contribution in [2.75, 3.05) is 18.1 Å². The minimum absolute atomic E-state index is 0.356. The van der Waals surface area contributed by atoms with Gasteiger partial charge in [0, 0.05) is 6.54 Å².